The number of amides is 2. The number of carbonyl (C=O) groups is 1. The molecule has 36 heavy (non-hydrogen) atoms. The van der Waals surface area contributed by atoms with E-state index in [1.54, 1.807) is 72.8 Å². The highest BCUT2D eigenvalue weighted by Gasteiger charge is 2.15. The summed E-state index contributed by atoms with van der Waals surface area (Å²) in [5, 5.41) is 9.10. The summed E-state index contributed by atoms with van der Waals surface area (Å²) < 4.78 is 24.3. The molecule has 3 aromatic rings. The smallest absolute Gasteiger partial charge is 0.354 e. The second-order valence-corrected chi connectivity index (χ2v) is 10.4. The van der Waals surface area contributed by atoms with E-state index in [1.807, 2.05) is 0 Å². The Hall–Kier alpha value is -4.05. The van der Waals surface area contributed by atoms with Gasteiger partial charge >= 0.3 is 6.03 Å². The van der Waals surface area contributed by atoms with Gasteiger partial charge in [-0.05, 0) is 42.3 Å². The molecule has 0 radical (unpaired) electrons. The van der Waals surface area contributed by atoms with Crippen molar-refractivity contribution < 1.29 is 13.2 Å². The zero-order valence-corrected chi connectivity index (χ0v) is 21.2. The fourth-order valence-corrected chi connectivity index (χ4v) is 4.51. The quantitative estimate of drug-likeness (QED) is 0.111. The number of nitrogens with two attached hydrogens (primary N) is 1. The molecule has 0 heterocycles. The van der Waals surface area contributed by atoms with Gasteiger partial charge in [0.1, 0.15) is 5.84 Å². The molecule has 3 aromatic carbocycles. The third-order valence-corrected chi connectivity index (χ3v) is 6.62. The molecule has 0 fully saturated rings. The van der Waals surface area contributed by atoms with Crippen molar-refractivity contribution in [1.29, 1.82) is 5.41 Å². The van der Waals surface area contributed by atoms with Gasteiger partial charge in [-0.25, -0.2) is 23.6 Å². The number of sulfone groups is 1. The van der Waals surface area contributed by atoms with E-state index in [4.69, 9.17) is 11.1 Å². The normalized spacial score (nSPS) is 10.9. The number of carbonyl (C=O) groups excluding carboxylic acids is 1. The van der Waals surface area contributed by atoms with E-state index >= 15 is 0 Å². The van der Waals surface area contributed by atoms with Crippen LogP contribution < -0.4 is 22.0 Å². The average Bonchev–Trinajstić information content (AvgIpc) is 2.87. The van der Waals surface area contributed by atoms with Crippen molar-refractivity contribution in [1.82, 2.24) is 10.4 Å². The number of nitrogens with one attached hydrogen (secondary N) is 4. The van der Waals surface area contributed by atoms with Crippen LogP contribution in [0.1, 0.15) is 31.7 Å². The summed E-state index contributed by atoms with van der Waals surface area (Å²) in [6.07, 6.45) is 4.00. The third kappa shape index (κ3) is 7.22. The summed E-state index contributed by atoms with van der Waals surface area (Å²) in [6, 6.07) is 20.6. The van der Waals surface area contributed by atoms with E-state index < -0.39 is 9.84 Å². The molecule has 190 valence electrons. The molecule has 0 aliphatic heterocycles. The number of unbranched alkanes of at least 4 members (excludes halogenated alkanes) is 2. The molecule has 0 unspecified atom stereocenters. The van der Waals surface area contributed by atoms with Crippen molar-refractivity contribution in [3.05, 3.63) is 78.4 Å². The van der Waals surface area contributed by atoms with Gasteiger partial charge in [0.2, 0.25) is 0 Å². The number of anilines is 2. The zero-order valence-electron chi connectivity index (χ0n) is 20.4. The first-order valence-electron chi connectivity index (χ1n) is 11.6. The molecule has 0 atom stereocenters. The van der Waals surface area contributed by atoms with Crippen molar-refractivity contribution >= 4 is 33.1 Å². The summed E-state index contributed by atoms with van der Waals surface area (Å²) in [4.78, 5) is 13.2. The molecule has 2 amide bonds. The van der Waals surface area contributed by atoms with Gasteiger partial charge in [-0.2, -0.15) is 0 Å². The number of nitrogens with zero attached hydrogens (tertiary/aromatic N) is 1. The molecular formula is C26H32N6O3S. The molecule has 9 nitrogen and oxygen atoms in total. The van der Waals surface area contributed by atoms with Crippen LogP contribution in [0.15, 0.2) is 77.7 Å². The Balaban J connectivity index is 1.69. The molecule has 10 heteroatoms. The first-order chi connectivity index (χ1) is 17.2. The lowest BCUT2D eigenvalue weighted by atomic mass is 10.1. The van der Waals surface area contributed by atoms with Crippen molar-refractivity contribution in [3.8, 4) is 11.1 Å². The molecule has 0 bridgehead atoms. The summed E-state index contributed by atoms with van der Waals surface area (Å²) in [5.41, 5.74) is 17.5. The predicted molar refractivity (Wildman–Crippen MR) is 144 cm³/mol. The van der Waals surface area contributed by atoms with Gasteiger partial charge in [0.25, 0.3) is 0 Å². The number of hydrogen-bond acceptors (Lipinski definition) is 6. The van der Waals surface area contributed by atoms with Gasteiger partial charge in [0, 0.05) is 23.9 Å². The summed E-state index contributed by atoms with van der Waals surface area (Å²) in [5.74, 6) is -0.0510. The molecule has 0 saturated carbocycles. The number of rotatable bonds is 11. The van der Waals surface area contributed by atoms with E-state index in [2.05, 4.69) is 23.2 Å². The molecule has 0 saturated heterocycles. The van der Waals surface area contributed by atoms with Crippen LogP contribution in [0.4, 0.5) is 16.2 Å². The Bertz CT molecular complexity index is 1310. The average molecular weight is 509 g/mol. The molecule has 6 N–H and O–H groups in total. The number of amidine groups is 1. The van der Waals surface area contributed by atoms with Crippen molar-refractivity contribution in [3.63, 3.8) is 0 Å². The maximum atomic E-state index is 12.9. The maximum absolute atomic E-state index is 12.9. The van der Waals surface area contributed by atoms with Crippen molar-refractivity contribution in [2.24, 2.45) is 5.73 Å². The minimum absolute atomic E-state index is 0.0510. The first kappa shape index (κ1) is 26.6. The Morgan fingerprint density at radius 2 is 1.69 bits per heavy atom. The lowest BCUT2D eigenvalue weighted by molar-refractivity contribution is 0.209. The largest absolute Gasteiger partial charge is 0.384 e. The van der Waals surface area contributed by atoms with E-state index in [0.717, 1.165) is 24.8 Å². The summed E-state index contributed by atoms with van der Waals surface area (Å²) >= 11 is 0. The van der Waals surface area contributed by atoms with E-state index in [9.17, 15) is 13.2 Å². The second-order valence-electron chi connectivity index (χ2n) is 8.37. The highest BCUT2D eigenvalue weighted by Crippen LogP contribution is 2.28. The topological polar surface area (TPSA) is 140 Å². The van der Waals surface area contributed by atoms with Crippen LogP contribution in [-0.2, 0) is 9.84 Å². The highest BCUT2D eigenvalue weighted by atomic mass is 32.2. The lowest BCUT2D eigenvalue weighted by Gasteiger charge is -2.25. The second kappa shape index (κ2) is 12.1. The lowest BCUT2D eigenvalue weighted by Crippen LogP contribution is -2.46. The van der Waals surface area contributed by atoms with E-state index in [0.29, 0.717) is 29.0 Å². The first-order valence-corrected chi connectivity index (χ1v) is 13.5. The number of hydrogen-bond donors (Lipinski definition) is 5. The van der Waals surface area contributed by atoms with Crippen LogP contribution >= 0.6 is 0 Å². The number of hydrazine groups is 2. The van der Waals surface area contributed by atoms with Crippen LogP contribution in [-0.4, -0.2) is 38.1 Å². The van der Waals surface area contributed by atoms with Gasteiger partial charge < -0.3 is 5.73 Å². The molecular weight excluding hydrogens is 476 g/mol. The van der Waals surface area contributed by atoms with Crippen LogP contribution in [0.5, 0.6) is 0 Å². The molecule has 0 aliphatic carbocycles. The molecule has 0 aromatic heterocycles. The zero-order chi connectivity index (χ0) is 26.1. The van der Waals surface area contributed by atoms with Crippen LogP contribution in [0.2, 0.25) is 0 Å². The Morgan fingerprint density at radius 3 is 2.36 bits per heavy atom. The predicted octanol–water partition coefficient (Wildman–Crippen LogP) is 4.60. The van der Waals surface area contributed by atoms with Gasteiger partial charge in [-0.3, -0.25) is 16.3 Å². The fourth-order valence-electron chi connectivity index (χ4n) is 3.59. The fraction of sp³-hybridized carbons (Fsp3) is 0.231. The van der Waals surface area contributed by atoms with E-state index in [-0.39, 0.29) is 16.8 Å². The standard InChI is InChI=1S/C26H32N6O3S/c1-3-4-7-17-32(31-22-10-8-9-20(18-22)25(27)28)26(33)30-29-21-15-13-19(14-16-21)23-11-5-6-12-24(23)36(2,34)35/h5-6,8-16,18,29,31H,3-4,7,17H2,1-2H3,(H3,27,28)(H,30,33). The summed E-state index contributed by atoms with van der Waals surface area (Å²) in [6.45, 7) is 2.57. The van der Waals surface area contributed by atoms with Crippen molar-refractivity contribution in [2.75, 3.05) is 23.7 Å². The van der Waals surface area contributed by atoms with Gasteiger partial charge in [0.15, 0.2) is 9.84 Å². The van der Waals surface area contributed by atoms with Gasteiger partial charge in [0.05, 0.1) is 16.3 Å². The molecule has 0 aliphatic rings. The minimum Gasteiger partial charge on any atom is -0.384 e. The monoisotopic (exact) mass is 508 g/mol. The number of benzene rings is 3. The Labute approximate surface area is 212 Å². The molecule has 3 rings (SSSR count). The number of nitrogen functional groups attached to an aromatic ring is 1. The van der Waals surface area contributed by atoms with Gasteiger partial charge in [-0.15, -0.1) is 0 Å². The highest BCUT2D eigenvalue weighted by molar-refractivity contribution is 7.90. The van der Waals surface area contributed by atoms with Crippen LogP contribution in [0.25, 0.3) is 11.1 Å². The maximum Gasteiger partial charge on any atom is 0.354 e. The van der Waals surface area contributed by atoms with Gasteiger partial charge in [-0.1, -0.05) is 62.2 Å². The van der Waals surface area contributed by atoms with Crippen LogP contribution in [0.3, 0.4) is 0 Å². The SMILES string of the molecule is CCCCCN(Nc1cccc(C(=N)N)c1)C(=O)NNc1ccc(-c2ccccc2S(C)(=O)=O)cc1. The Morgan fingerprint density at radius 1 is 0.972 bits per heavy atom. The third-order valence-electron chi connectivity index (χ3n) is 5.46. The minimum atomic E-state index is -3.37. The number of urea groups is 1. The van der Waals surface area contributed by atoms with E-state index in [1.165, 1.54) is 11.3 Å². The Kier molecular flexibility index (Phi) is 8.91. The summed E-state index contributed by atoms with van der Waals surface area (Å²) in [7, 11) is -3.37. The van der Waals surface area contributed by atoms with Crippen molar-refractivity contribution in [2.45, 2.75) is 31.1 Å². The van der Waals surface area contributed by atoms with Crippen LogP contribution in [0, 0.1) is 5.41 Å². The molecule has 0 spiro atoms.